The zero-order chi connectivity index (χ0) is 19.6. The molecule has 2 aromatic rings. The van der Waals surface area contributed by atoms with E-state index in [-0.39, 0.29) is 28.9 Å². The number of nitrogens with two attached hydrogens (primary N) is 1. The molecular weight excluding hydrogens is 405 g/mol. The van der Waals surface area contributed by atoms with Gasteiger partial charge in [-0.2, -0.15) is 0 Å². The van der Waals surface area contributed by atoms with Crippen molar-refractivity contribution >= 4 is 52.9 Å². The Hall–Kier alpha value is -2.64. The van der Waals surface area contributed by atoms with E-state index in [2.05, 4.69) is 5.32 Å². The maximum absolute atomic E-state index is 12.7. The largest absolute Gasteiger partial charge is 0.496 e. The van der Waals surface area contributed by atoms with E-state index in [1.54, 1.807) is 30.2 Å². The topological polar surface area (TPSA) is 93.9 Å². The molecular formula is C19H21Cl2N3O4. The van der Waals surface area contributed by atoms with Crippen LogP contribution in [0.1, 0.15) is 23.2 Å². The Balaban J connectivity index is 0.00000280. The second-order valence-corrected chi connectivity index (χ2v) is 6.47. The van der Waals surface area contributed by atoms with Crippen molar-refractivity contribution in [1.82, 2.24) is 0 Å². The van der Waals surface area contributed by atoms with Gasteiger partial charge in [0.2, 0.25) is 5.91 Å². The average Bonchev–Trinajstić information content (AvgIpc) is 3.09. The summed E-state index contributed by atoms with van der Waals surface area (Å²) in [6.45, 7) is 0.619. The molecule has 3 N–H and O–H groups in total. The highest BCUT2D eigenvalue weighted by atomic mass is 35.5. The van der Waals surface area contributed by atoms with Gasteiger partial charge in [0.05, 0.1) is 36.2 Å². The Labute approximate surface area is 174 Å². The number of ether oxygens (including phenoxy) is 2. The number of amides is 2. The third-order valence-corrected chi connectivity index (χ3v) is 4.69. The molecule has 2 amide bonds. The third kappa shape index (κ3) is 4.26. The van der Waals surface area contributed by atoms with E-state index in [9.17, 15) is 9.59 Å². The standard InChI is InChI=1S/C19H20ClN3O4.ClH/c1-26-16-6-5-11(8-15(16)23-7-3-4-18(23)24)22-19(25)12-9-13(20)14(21)10-17(12)27-2;/h5-6,8-10H,3-4,7,21H2,1-2H3,(H,22,25);1H. The monoisotopic (exact) mass is 425 g/mol. The number of nitrogens with one attached hydrogen (secondary N) is 1. The van der Waals surface area contributed by atoms with E-state index in [0.717, 1.165) is 6.42 Å². The van der Waals surface area contributed by atoms with Gasteiger partial charge in [0.1, 0.15) is 11.5 Å². The van der Waals surface area contributed by atoms with Crippen LogP contribution in [0.15, 0.2) is 30.3 Å². The van der Waals surface area contributed by atoms with Gasteiger partial charge in [-0.15, -0.1) is 12.4 Å². The molecule has 1 heterocycles. The van der Waals surface area contributed by atoms with Gasteiger partial charge in [-0.3, -0.25) is 9.59 Å². The first kappa shape index (κ1) is 21.7. The summed E-state index contributed by atoms with van der Waals surface area (Å²) in [5, 5.41) is 3.06. The highest BCUT2D eigenvalue weighted by Crippen LogP contribution is 2.35. The van der Waals surface area contributed by atoms with Crippen molar-refractivity contribution in [1.29, 1.82) is 0 Å². The second kappa shape index (κ2) is 9.03. The van der Waals surface area contributed by atoms with Crippen LogP contribution in [0.2, 0.25) is 5.02 Å². The predicted molar refractivity (Wildman–Crippen MR) is 112 cm³/mol. The van der Waals surface area contributed by atoms with Crippen LogP contribution < -0.4 is 25.4 Å². The molecule has 1 fully saturated rings. The van der Waals surface area contributed by atoms with E-state index in [1.807, 2.05) is 0 Å². The lowest BCUT2D eigenvalue weighted by atomic mass is 10.1. The number of carbonyl (C=O) groups is 2. The maximum Gasteiger partial charge on any atom is 0.259 e. The number of carbonyl (C=O) groups excluding carboxylic acids is 2. The first-order valence-corrected chi connectivity index (χ1v) is 8.75. The first-order valence-electron chi connectivity index (χ1n) is 8.37. The Bertz CT molecular complexity index is 905. The lowest BCUT2D eigenvalue weighted by Crippen LogP contribution is -2.24. The number of nitrogens with zero attached hydrogens (tertiary/aromatic N) is 1. The van der Waals surface area contributed by atoms with Crippen LogP contribution in [0.25, 0.3) is 0 Å². The number of methoxy groups -OCH3 is 2. The number of hydrogen-bond donors (Lipinski definition) is 2. The molecule has 9 heteroatoms. The van der Waals surface area contributed by atoms with Crippen LogP contribution in [-0.4, -0.2) is 32.6 Å². The molecule has 0 aromatic heterocycles. The number of halogens is 2. The summed E-state index contributed by atoms with van der Waals surface area (Å²) in [5.41, 5.74) is 7.48. The van der Waals surface area contributed by atoms with Crippen molar-refractivity contribution in [3.05, 3.63) is 40.9 Å². The summed E-state index contributed by atoms with van der Waals surface area (Å²) >= 11 is 6.04. The van der Waals surface area contributed by atoms with E-state index < -0.39 is 5.91 Å². The SMILES string of the molecule is COc1cc(N)c(Cl)cc1C(=O)Nc1ccc(OC)c(N2CCCC2=O)c1.Cl. The molecule has 2 aromatic carbocycles. The summed E-state index contributed by atoms with van der Waals surface area (Å²) in [6, 6.07) is 8.08. The van der Waals surface area contributed by atoms with Gasteiger partial charge in [0.25, 0.3) is 5.91 Å². The molecule has 150 valence electrons. The molecule has 1 aliphatic rings. The van der Waals surface area contributed by atoms with Crippen LogP contribution in [0.4, 0.5) is 17.1 Å². The molecule has 0 saturated carbocycles. The van der Waals surface area contributed by atoms with Gasteiger partial charge in [-0.1, -0.05) is 11.6 Å². The Morgan fingerprint density at radius 1 is 1.18 bits per heavy atom. The van der Waals surface area contributed by atoms with Crippen LogP contribution in [0, 0.1) is 0 Å². The summed E-state index contributed by atoms with van der Waals surface area (Å²) in [6.07, 6.45) is 1.29. The van der Waals surface area contributed by atoms with Crippen molar-refractivity contribution < 1.29 is 19.1 Å². The van der Waals surface area contributed by atoms with E-state index in [4.69, 9.17) is 26.8 Å². The molecule has 0 radical (unpaired) electrons. The molecule has 3 rings (SSSR count). The molecule has 0 aliphatic carbocycles. The lowest BCUT2D eigenvalue weighted by molar-refractivity contribution is -0.117. The fraction of sp³-hybridized carbons (Fsp3) is 0.263. The molecule has 0 bridgehead atoms. The Kier molecular flexibility index (Phi) is 6.99. The molecule has 1 saturated heterocycles. The number of anilines is 3. The Morgan fingerprint density at radius 2 is 1.89 bits per heavy atom. The normalized spacial score (nSPS) is 13.1. The summed E-state index contributed by atoms with van der Waals surface area (Å²) in [4.78, 5) is 26.5. The van der Waals surface area contributed by atoms with Gasteiger partial charge >= 0.3 is 0 Å². The first-order chi connectivity index (χ1) is 12.9. The van der Waals surface area contributed by atoms with Gasteiger partial charge in [0.15, 0.2) is 0 Å². The molecule has 0 atom stereocenters. The predicted octanol–water partition coefficient (Wildman–Crippen LogP) is 3.74. The summed E-state index contributed by atoms with van der Waals surface area (Å²) in [5.74, 6) is 0.510. The third-order valence-electron chi connectivity index (χ3n) is 4.36. The second-order valence-electron chi connectivity index (χ2n) is 6.06. The minimum atomic E-state index is -0.405. The molecule has 0 unspecified atom stereocenters. The number of benzene rings is 2. The minimum absolute atomic E-state index is 0. The van der Waals surface area contributed by atoms with Crippen LogP contribution in [0.3, 0.4) is 0 Å². The molecule has 0 spiro atoms. The van der Waals surface area contributed by atoms with E-state index in [1.165, 1.54) is 19.2 Å². The van der Waals surface area contributed by atoms with Crippen LogP contribution >= 0.6 is 24.0 Å². The van der Waals surface area contributed by atoms with E-state index >= 15 is 0 Å². The van der Waals surface area contributed by atoms with Gasteiger partial charge in [0, 0.05) is 24.7 Å². The average molecular weight is 426 g/mol. The summed E-state index contributed by atoms with van der Waals surface area (Å²) in [7, 11) is 2.99. The van der Waals surface area contributed by atoms with Crippen molar-refractivity contribution in [3.8, 4) is 11.5 Å². The zero-order valence-electron chi connectivity index (χ0n) is 15.5. The molecule has 28 heavy (non-hydrogen) atoms. The maximum atomic E-state index is 12.7. The molecule has 7 nitrogen and oxygen atoms in total. The van der Waals surface area contributed by atoms with Crippen LogP contribution in [0.5, 0.6) is 11.5 Å². The quantitative estimate of drug-likeness (QED) is 0.711. The highest BCUT2D eigenvalue weighted by molar-refractivity contribution is 6.33. The van der Waals surface area contributed by atoms with E-state index in [0.29, 0.717) is 41.5 Å². The molecule has 1 aliphatic heterocycles. The zero-order valence-corrected chi connectivity index (χ0v) is 17.0. The number of nitrogen functional groups attached to an aromatic ring is 1. The lowest BCUT2D eigenvalue weighted by Gasteiger charge is -2.20. The van der Waals surface area contributed by atoms with Crippen LogP contribution in [-0.2, 0) is 4.79 Å². The highest BCUT2D eigenvalue weighted by Gasteiger charge is 2.25. The fourth-order valence-corrected chi connectivity index (χ4v) is 3.16. The van der Waals surface area contributed by atoms with Gasteiger partial charge in [-0.05, 0) is 30.7 Å². The van der Waals surface area contributed by atoms with Crippen molar-refractivity contribution in [2.45, 2.75) is 12.8 Å². The number of hydrogen-bond acceptors (Lipinski definition) is 5. The number of rotatable bonds is 5. The van der Waals surface area contributed by atoms with Crippen molar-refractivity contribution in [3.63, 3.8) is 0 Å². The fourth-order valence-electron chi connectivity index (χ4n) is 3.00. The van der Waals surface area contributed by atoms with Crippen molar-refractivity contribution in [2.75, 3.05) is 36.7 Å². The smallest absolute Gasteiger partial charge is 0.259 e. The van der Waals surface area contributed by atoms with Gasteiger partial charge in [-0.25, -0.2) is 0 Å². The minimum Gasteiger partial charge on any atom is -0.496 e. The van der Waals surface area contributed by atoms with Crippen molar-refractivity contribution in [2.24, 2.45) is 0 Å². The van der Waals surface area contributed by atoms with Gasteiger partial charge < -0.3 is 25.4 Å². The Morgan fingerprint density at radius 3 is 2.50 bits per heavy atom. The summed E-state index contributed by atoms with van der Waals surface area (Å²) < 4.78 is 10.6.